The molecule has 2 atom stereocenters. The third kappa shape index (κ3) is 4.11. The van der Waals surface area contributed by atoms with E-state index in [-0.39, 0.29) is 5.78 Å². The van der Waals surface area contributed by atoms with Gasteiger partial charge in [-0.3, -0.25) is 4.79 Å². The van der Waals surface area contributed by atoms with E-state index in [9.17, 15) is 4.79 Å². The number of nitrogens with two attached hydrogens (primary N) is 1. The first-order valence-electron chi connectivity index (χ1n) is 3.89. The number of rotatable bonds is 4. The number of carbonyl (C=O) groups excluding carboxylic acids is 1. The Balaban J connectivity index is 3.82. The van der Waals surface area contributed by atoms with Crippen molar-refractivity contribution in [2.24, 2.45) is 11.7 Å². The molecule has 0 amide bonds. The number of Topliss-reactive ketones (excluding diaryl/α,β-unsaturated/α-hetero) is 1. The molecule has 0 aliphatic carbocycles. The van der Waals surface area contributed by atoms with Gasteiger partial charge in [0.25, 0.3) is 0 Å². The van der Waals surface area contributed by atoms with Gasteiger partial charge >= 0.3 is 0 Å². The fourth-order valence-electron chi connectivity index (χ4n) is 0.975. The molecule has 0 heterocycles. The molecule has 0 aromatic heterocycles. The second-order valence-corrected chi connectivity index (χ2v) is 3.35. The Morgan fingerprint density at radius 2 is 2.00 bits per heavy atom. The molecule has 3 N–H and O–H groups in total. The van der Waals surface area contributed by atoms with Gasteiger partial charge in [0, 0.05) is 6.04 Å². The summed E-state index contributed by atoms with van der Waals surface area (Å²) in [6.07, 6.45) is -0.307. The molecule has 0 aromatic rings. The minimum atomic E-state index is -0.989. The first-order valence-corrected chi connectivity index (χ1v) is 3.89. The maximum Gasteiger partial charge on any atom is 0.159 e. The van der Waals surface area contributed by atoms with Gasteiger partial charge in [0.15, 0.2) is 5.78 Å². The van der Waals surface area contributed by atoms with Crippen LogP contribution in [0, 0.1) is 5.92 Å². The van der Waals surface area contributed by atoms with Gasteiger partial charge in [-0.25, -0.2) is 0 Å². The summed E-state index contributed by atoms with van der Waals surface area (Å²) in [6.45, 7) is 5.37. The van der Waals surface area contributed by atoms with E-state index < -0.39 is 12.1 Å². The van der Waals surface area contributed by atoms with Crippen molar-refractivity contribution in [2.45, 2.75) is 39.3 Å². The highest BCUT2D eigenvalue weighted by atomic mass is 16.3. The molecule has 0 aromatic carbocycles. The predicted molar refractivity (Wildman–Crippen MR) is 44.1 cm³/mol. The molecule has 0 aliphatic rings. The summed E-state index contributed by atoms with van der Waals surface area (Å²) in [7, 11) is 0. The molecular formula is C8H17NO2. The fraction of sp³-hybridized carbons (Fsp3) is 0.875. The molecule has 3 nitrogen and oxygen atoms in total. The van der Waals surface area contributed by atoms with E-state index in [1.807, 2.05) is 13.8 Å². The van der Waals surface area contributed by atoms with Crippen molar-refractivity contribution in [1.29, 1.82) is 0 Å². The van der Waals surface area contributed by atoms with Crippen molar-refractivity contribution in [3.8, 4) is 0 Å². The number of ketones is 1. The van der Waals surface area contributed by atoms with E-state index >= 15 is 0 Å². The van der Waals surface area contributed by atoms with E-state index in [2.05, 4.69) is 0 Å². The van der Waals surface area contributed by atoms with Crippen molar-refractivity contribution >= 4 is 5.78 Å². The fourth-order valence-corrected chi connectivity index (χ4v) is 0.975. The summed E-state index contributed by atoms with van der Waals surface area (Å²) in [5.41, 5.74) is 5.55. The molecule has 0 spiro atoms. The molecule has 0 saturated heterocycles. The van der Waals surface area contributed by atoms with E-state index in [4.69, 9.17) is 10.8 Å². The normalized spacial score (nSPS) is 16.5. The lowest BCUT2D eigenvalue weighted by molar-refractivity contribution is -0.126. The largest absolute Gasteiger partial charge is 0.384 e. The average molecular weight is 159 g/mol. The summed E-state index contributed by atoms with van der Waals surface area (Å²) in [5, 5.41) is 9.17. The standard InChI is InChI=1S/C8H17NO2/c1-5(2)4-7(9)8(11)6(3)10/h5,7-8,11H,4,9H2,1-3H3/t7-,8+/m0/s1. The van der Waals surface area contributed by atoms with Gasteiger partial charge in [-0.05, 0) is 19.3 Å². The van der Waals surface area contributed by atoms with Crippen LogP contribution in [-0.4, -0.2) is 23.0 Å². The van der Waals surface area contributed by atoms with Crippen LogP contribution in [0.3, 0.4) is 0 Å². The maximum atomic E-state index is 10.6. The molecule has 0 bridgehead atoms. The van der Waals surface area contributed by atoms with Crippen molar-refractivity contribution in [2.75, 3.05) is 0 Å². The van der Waals surface area contributed by atoms with E-state index in [0.29, 0.717) is 12.3 Å². The monoisotopic (exact) mass is 159 g/mol. The summed E-state index contributed by atoms with van der Waals surface area (Å²) >= 11 is 0. The van der Waals surface area contributed by atoms with Gasteiger partial charge in [0.05, 0.1) is 0 Å². The van der Waals surface area contributed by atoms with Crippen molar-refractivity contribution in [3.05, 3.63) is 0 Å². The lowest BCUT2D eigenvalue weighted by atomic mass is 9.98. The number of aliphatic hydroxyl groups excluding tert-OH is 1. The van der Waals surface area contributed by atoms with E-state index in [1.54, 1.807) is 0 Å². The molecule has 0 unspecified atom stereocenters. The van der Waals surface area contributed by atoms with Gasteiger partial charge in [0.1, 0.15) is 6.10 Å². The number of carbonyl (C=O) groups is 1. The average Bonchev–Trinajstić information content (AvgIpc) is 1.84. The Morgan fingerprint density at radius 3 is 2.27 bits per heavy atom. The quantitative estimate of drug-likeness (QED) is 0.620. The van der Waals surface area contributed by atoms with Crippen LogP contribution in [0.2, 0.25) is 0 Å². The molecule has 0 fully saturated rings. The van der Waals surface area contributed by atoms with E-state index in [1.165, 1.54) is 6.92 Å². The van der Waals surface area contributed by atoms with Crippen molar-refractivity contribution in [3.63, 3.8) is 0 Å². The zero-order valence-electron chi connectivity index (χ0n) is 7.37. The number of hydrogen-bond acceptors (Lipinski definition) is 3. The van der Waals surface area contributed by atoms with Crippen molar-refractivity contribution < 1.29 is 9.90 Å². The lowest BCUT2D eigenvalue weighted by Gasteiger charge is -2.17. The summed E-state index contributed by atoms with van der Waals surface area (Å²) in [5.74, 6) is 0.164. The predicted octanol–water partition coefficient (Wildman–Crippen LogP) is 0.310. The van der Waals surface area contributed by atoms with Gasteiger partial charge in [-0.1, -0.05) is 13.8 Å². The number of aliphatic hydroxyl groups is 1. The Morgan fingerprint density at radius 1 is 1.55 bits per heavy atom. The highest BCUT2D eigenvalue weighted by molar-refractivity contribution is 5.80. The second kappa shape index (κ2) is 4.46. The van der Waals surface area contributed by atoms with Crippen LogP contribution in [0.5, 0.6) is 0 Å². The van der Waals surface area contributed by atoms with Crippen LogP contribution in [0.25, 0.3) is 0 Å². The Hall–Kier alpha value is -0.410. The summed E-state index contributed by atoms with van der Waals surface area (Å²) in [4.78, 5) is 10.6. The zero-order valence-corrected chi connectivity index (χ0v) is 7.37. The van der Waals surface area contributed by atoms with Crippen LogP contribution in [0.1, 0.15) is 27.2 Å². The molecule has 11 heavy (non-hydrogen) atoms. The summed E-state index contributed by atoms with van der Waals surface area (Å²) in [6, 6.07) is -0.410. The van der Waals surface area contributed by atoms with E-state index in [0.717, 1.165) is 0 Å². The van der Waals surface area contributed by atoms with Crippen LogP contribution in [0.4, 0.5) is 0 Å². The third-order valence-electron chi connectivity index (χ3n) is 1.57. The lowest BCUT2D eigenvalue weighted by Crippen LogP contribution is -2.40. The molecule has 66 valence electrons. The van der Waals surface area contributed by atoms with Gasteiger partial charge < -0.3 is 10.8 Å². The minimum Gasteiger partial charge on any atom is -0.384 e. The first-order chi connectivity index (χ1) is 4.95. The Bertz CT molecular complexity index is 134. The molecule has 0 rings (SSSR count). The Labute approximate surface area is 67.6 Å². The topological polar surface area (TPSA) is 63.3 Å². The molecule has 0 aliphatic heterocycles. The summed E-state index contributed by atoms with van der Waals surface area (Å²) < 4.78 is 0. The highest BCUT2D eigenvalue weighted by Gasteiger charge is 2.19. The number of hydrogen-bond donors (Lipinski definition) is 2. The Kier molecular flexibility index (Phi) is 4.30. The smallest absolute Gasteiger partial charge is 0.159 e. The third-order valence-corrected chi connectivity index (χ3v) is 1.57. The second-order valence-electron chi connectivity index (χ2n) is 3.35. The van der Waals surface area contributed by atoms with Crippen LogP contribution in [0.15, 0.2) is 0 Å². The molecule has 0 saturated carbocycles. The minimum absolute atomic E-state index is 0.252. The zero-order chi connectivity index (χ0) is 9.02. The highest BCUT2D eigenvalue weighted by Crippen LogP contribution is 2.06. The van der Waals surface area contributed by atoms with Crippen LogP contribution >= 0.6 is 0 Å². The van der Waals surface area contributed by atoms with Crippen LogP contribution in [-0.2, 0) is 4.79 Å². The van der Waals surface area contributed by atoms with Gasteiger partial charge in [0.2, 0.25) is 0 Å². The SMILES string of the molecule is CC(=O)[C@@H](O)[C@@H](N)CC(C)C. The molecule has 3 heteroatoms. The van der Waals surface area contributed by atoms with Crippen molar-refractivity contribution in [1.82, 2.24) is 0 Å². The van der Waals surface area contributed by atoms with Gasteiger partial charge in [-0.15, -0.1) is 0 Å². The van der Waals surface area contributed by atoms with Gasteiger partial charge in [-0.2, -0.15) is 0 Å². The maximum absolute atomic E-state index is 10.6. The first kappa shape index (κ1) is 10.6. The molecule has 0 radical (unpaired) electrons. The molecular weight excluding hydrogens is 142 g/mol. The van der Waals surface area contributed by atoms with Crippen LogP contribution < -0.4 is 5.73 Å².